The van der Waals surface area contributed by atoms with Crippen molar-refractivity contribution in [2.24, 2.45) is 11.7 Å². The predicted octanol–water partition coefficient (Wildman–Crippen LogP) is 3.13. The smallest absolute Gasteiger partial charge is 0.251 e. The van der Waals surface area contributed by atoms with Gasteiger partial charge in [0.05, 0.1) is 0 Å². The van der Waals surface area contributed by atoms with Crippen LogP contribution in [-0.2, 0) is 9.53 Å². The van der Waals surface area contributed by atoms with Gasteiger partial charge in [0, 0.05) is 31.2 Å². The number of hydrogen-bond acceptors (Lipinski definition) is 3. The summed E-state index contributed by atoms with van der Waals surface area (Å²) in [7, 11) is 0. The first-order chi connectivity index (χ1) is 12.6. The molecule has 0 radical (unpaired) electrons. The van der Waals surface area contributed by atoms with Gasteiger partial charge in [0.25, 0.3) is 5.91 Å². The van der Waals surface area contributed by atoms with Crippen LogP contribution in [0.4, 0.5) is 0 Å². The standard InChI is InChI=1S/C21H30N2O3/c22-20(24)14-19(17-10-12-26-13-11-17)23-21(25)18-8-6-16(7-9-18)15-4-2-1-3-5-15/h6-9,15,17,19H,1-5,10-14H2,(H2,22,24)(H,23,25)/t19-/m0/s1. The zero-order valence-electron chi connectivity index (χ0n) is 15.4. The van der Waals surface area contributed by atoms with Crippen LogP contribution in [0.15, 0.2) is 24.3 Å². The highest BCUT2D eigenvalue weighted by molar-refractivity contribution is 5.94. The third kappa shape index (κ3) is 5.07. The fourth-order valence-electron chi connectivity index (χ4n) is 4.26. The molecule has 1 aromatic carbocycles. The molecule has 2 aliphatic rings. The Kier molecular flexibility index (Phi) is 6.67. The van der Waals surface area contributed by atoms with Crippen molar-refractivity contribution in [1.29, 1.82) is 0 Å². The third-order valence-electron chi connectivity index (χ3n) is 5.82. The Bertz CT molecular complexity index is 602. The van der Waals surface area contributed by atoms with Crippen LogP contribution >= 0.6 is 0 Å². The Morgan fingerprint density at radius 2 is 1.69 bits per heavy atom. The molecule has 1 saturated carbocycles. The number of carbonyl (C=O) groups is 2. The summed E-state index contributed by atoms with van der Waals surface area (Å²) >= 11 is 0. The minimum absolute atomic E-state index is 0.127. The van der Waals surface area contributed by atoms with Crippen LogP contribution in [0.25, 0.3) is 0 Å². The molecule has 1 aliphatic heterocycles. The lowest BCUT2D eigenvalue weighted by atomic mass is 9.84. The number of primary amides is 1. The summed E-state index contributed by atoms with van der Waals surface area (Å²) in [5.74, 6) is 0.361. The van der Waals surface area contributed by atoms with Crippen molar-refractivity contribution in [2.75, 3.05) is 13.2 Å². The number of nitrogens with two attached hydrogens (primary N) is 1. The second-order valence-corrected chi connectivity index (χ2v) is 7.66. The van der Waals surface area contributed by atoms with E-state index in [0.29, 0.717) is 24.7 Å². The quantitative estimate of drug-likeness (QED) is 0.820. The number of hydrogen-bond donors (Lipinski definition) is 2. The second-order valence-electron chi connectivity index (χ2n) is 7.66. The van der Waals surface area contributed by atoms with E-state index in [0.717, 1.165) is 12.8 Å². The fourth-order valence-corrected chi connectivity index (χ4v) is 4.26. The lowest BCUT2D eigenvalue weighted by molar-refractivity contribution is -0.118. The molecule has 1 aromatic rings. The first-order valence-corrected chi connectivity index (χ1v) is 9.90. The average Bonchev–Trinajstić information content (AvgIpc) is 2.68. The first kappa shape index (κ1) is 18.9. The van der Waals surface area contributed by atoms with Gasteiger partial charge in [-0.2, -0.15) is 0 Å². The van der Waals surface area contributed by atoms with Crippen LogP contribution in [0.5, 0.6) is 0 Å². The molecule has 0 spiro atoms. The van der Waals surface area contributed by atoms with Crippen molar-refractivity contribution < 1.29 is 14.3 Å². The van der Waals surface area contributed by atoms with E-state index in [1.165, 1.54) is 37.7 Å². The van der Waals surface area contributed by atoms with Gasteiger partial charge in [0.2, 0.25) is 5.91 Å². The minimum atomic E-state index is -0.380. The molecular weight excluding hydrogens is 328 g/mol. The third-order valence-corrected chi connectivity index (χ3v) is 5.82. The van der Waals surface area contributed by atoms with Gasteiger partial charge in [0.1, 0.15) is 0 Å². The highest BCUT2D eigenvalue weighted by Gasteiger charge is 2.27. The van der Waals surface area contributed by atoms with Crippen molar-refractivity contribution >= 4 is 11.8 Å². The summed E-state index contributed by atoms with van der Waals surface area (Å²) in [6.07, 6.45) is 8.30. The average molecular weight is 358 g/mol. The van der Waals surface area contributed by atoms with Gasteiger partial charge < -0.3 is 15.8 Å². The van der Waals surface area contributed by atoms with E-state index >= 15 is 0 Å². The summed E-state index contributed by atoms with van der Waals surface area (Å²) in [5, 5.41) is 3.04. The summed E-state index contributed by atoms with van der Waals surface area (Å²) in [6, 6.07) is 7.77. The highest BCUT2D eigenvalue weighted by Crippen LogP contribution is 2.32. The normalized spacial score (nSPS) is 20.5. The van der Waals surface area contributed by atoms with Crippen LogP contribution in [0.2, 0.25) is 0 Å². The van der Waals surface area contributed by atoms with Crippen LogP contribution in [-0.4, -0.2) is 31.1 Å². The molecule has 1 aliphatic carbocycles. The first-order valence-electron chi connectivity index (χ1n) is 9.90. The van der Waals surface area contributed by atoms with E-state index in [4.69, 9.17) is 10.5 Å². The van der Waals surface area contributed by atoms with Gasteiger partial charge in [-0.3, -0.25) is 9.59 Å². The molecule has 1 atom stereocenters. The summed E-state index contributed by atoms with van der Waals surface area (Å²) in [6.45, 7) is 1.35. The lowest BCUT2D eigenvalue weighted by Gasteiger charge is -2.30. The maximum Gasteiger partial charge on any atom is 0.251 e. The van der Waals surface area contributed by atoms with Gasteiger partial charge in [-0.25, -0.2) is 0 Å². The maximum absolute atomic E-state index is 12.7. The van der Waals surface area contributed by atoms with E-state index < -0.39 is 0 Å². The van der Waals surface area contributed by atoms with E-state index in [2.05, 4.69) is 17.4 Å². The number of benzene rings is 1. The maximum atomic E-state index is 12.7. The summed E-state index contributed by atoms with van der Waals surface area (Å²) < 4.78 is 5.39. The number of rotatable bonds is 6. The van der Waals surface area contributed by atoms with Crippen molar-refractivity contribution in [3.63, 3.8) is 0 Å². The zero-order chi connectivity index (χ0) is 18.4. The zero-order valence-corrected chi connectivity index (χ0v) is 15.4. The van der Waals surface area contributed by atoms with Crippen molar-refractivity contribution in [3.05, 3.63) is 35.4 Å². The number of carbonyl (C=O) groups excluding carboxylic acids is 2. The highest BCUT2D eigenvalue weighted by atomic mass is 16.5. The van der Waals surface area contributed by atoms with Crippen LogP contribution in [0.1, 0.15) is 73.2 Å². The van der Waals surface area contributed by atoms with Gasteiger partial charge in [-0.1, -0.05) is 31.4 Å². The van der Waals surface area contributed by atoms with Gasteiger partial charge >= 0.3 is 0 Å². The molecule has 26 heavy (non-hydrogen) atoms. The van der Waals surface area contributed by atoms with Crippen LogP contribution in [0, 0.1) is 5.92 Å². The summed E-state index contributed by atoms with van der Waals surface area (Å²) in [5.41, 5.74) is 7.37. The molecule has 3 N–H and O–H groups in total. The van der Waals surface area contributed by atoms with Crippen molar-refractivity contribution in [2.45, 2.75) is 63.3 Å². The van der Waals surface area contributed by atoms with Crippen molar-refractivity contribution in [1.82, 2.24) is 5.32 Å². The van der Waals surface area contributed by atoms with Gasteiger partial charge in [-0.15, -0.1) is 0 Å². The molecular formula is C21H30N2O3. The van der Waals surface area contributed by atoms with Crippen LogP contribution < -0.4 is 11.1 Å². The minimum Gasteiger partial charge on any atom is -0.381 e. The molecule has 0 unspecified atom stereocenters. The molecule has 5 heteroatoms. The molecule has 1 heterocycles. The number of ether oxygens (including phenoxy) is 1. The topological polar surface area (TPSA) is 81.4 Å². The Morgan fingerprint density at radius 3 is 2.31 bits per heavy atom. The van der Waals surface area contributed by atoms with E-state index in [1.807, 2.05) is 12.1 Å². The molecule has 142 valence electrons. The Hall–Kier alpha value is -1.88. The fraction of sp³-hybridized carbons (Fsp3) is 0.619. The summed E-state index contributed by atoms with van der Waals surface area (Å²) in [4.78, 5) is 24.1. The van der Waals surface area contributed by atoms with E-state index in [-0.39, 0.29) is 30.2 Å². The molecule has 0 aromatic heterocycles. The largest absolute Gasteiger partial charge is 0.381 e. The Morgan fingerprint density at radius 1 is 1.04 bits per heavy atom. The number of nitrogens with one attached hydrogen (secondary N) is 1. The molecule has 2 amide bonds. The van der Waals surface area contributed by atoms with Gasteiger partial charge in [-0.05, 0) is 55.2 Å². The molecule has 1 saturated heterocycles. The van der Waals surface area contributed by atoms with Crippen molar-refractivity contribution in [3.8, 4) is 0 Å². The lowest BCUT2D eigenvalue weighted by Crippen LogP contribution is -2.44. The molecule has 2 fully saturated rings. The number of amides is 2. The molecule has 3 rings (SSSR count). The molecule has 5 nitrogen and oxygen atoms in total. The van der Waals surface area contributed by atoms with Crippen LogP contribution in [0.3, 0.4) is 0 Å². The SMILES string of the molecule is NC(=O)C[C@H](NC(=O)c1ccc(C2CCCCC2)cc1)C1CCOCC1. The van der Waals surface area contributed by atoms with E-state index in [9.17, 15) is 9.59 Å². The molecule has 0 bridgehead atoms. The Balaban J connectivity index is 1.63. The Labute approximate surface area is 155 Å². The van der Waals surface area contributed by atoms with Gasteiger partial charge in [0.15, 0.2) is 0 Å². The van der Waals surface area contributed by atoms with E-state index in [1.54, 1.807) is 0 Å². The second kappa shape index (κ2) is 9.17. The predicted molar refractivity (Wildman–Crippen MR) is 101 cm³/mol. The monoisotopic (exact) mass is 358 g/mol.